The maximum atomic E-state index is 10.4. The first-order valence-electron chi connectivity index (χ1n) is 3.51. The molecule has 1 aromatic heterocycles. The molecule has 2 rings (SSSR count). The summed E-state index contributed by atoms with van der Waals surface area (Å²) in [4.78, 5) is 10.4. The van der Waals surface area contributed by atoms with Crippen LogP contribution in [0.3, 0.4) is 0 Å². The van der Waals surface area contributed by atoms with Crippen molar-refractivity contribution in [3.8, 4) is 0 Å². The molecule has 0 radical (unpaired) electrons. The largest absolute Gasteiger partial charge is 0.462 e. The molecule has 0 saturated carbocycles. The predicted octanol–water partition coefficient (Wildman–Crippen LogP) is 1.58. The monoisotopic (exact) mass is 152 g/mol. The highest BCUT2D eigenvalue weighted by Crippen LogP contribution is 2.31. The Morgan fingerprint density at radius 2 is 2.27 bits per heavy atom. The number of aryl methyl sites for hydroxylation is 1. The van der Waals surface area contributed by atoms with E-state index < -0.39 is 0 Å². The van der Waals surface area contributed by atoms with Crippen LogP contribution in [0.15, 0.2) is 16.5 Å². The fourth-order valence-corrected chi connectivity index (χ4v) is 1.09. The highest BCUT2D eigenvalue weighted by atomic mass is 16.6. The van der Waals surface area contributed by atoms with Gasteiger partial charge in [0.1, 0.15) is 11.5 Å². The third-order valence-corrected chi connectivity index (χ3v) is 1.70. The maximum Gasteiger partial charge on any atom is 0.310 e. The first-order chi connectivity index (χ1) is 5.25. The molecule has 0 aliphatic carbocycles. The van der Waals surface area contributed by atoms with Crippen molar-refractivity contribution in [3.05, 3.63) is 23.7 Å². The SMILES string of the molecule is Cc1ccc(C2CC(=O)O2)o1. The first-order valence-corrected chi connectivity index (χ1v) is 3.51. The molecule has 1 unspecified atom stereocenters. The standard InChI is InChI=1S/C8H8O3/c1-5-2-3-6(10-5)7-4-8(9)11-7/h2-3,7H,4H2,1H3. The van der Waals surface area contributed by atoms with Gasteiger partial charge in [0.05, 0.1) is 6.42 Å². The summed E-state index contributed by atoms with van der Waals surface area (Å²) in [7, 11) is 0. The quantitative estimate of drug-likeness (QED) is 0.573. The highest BCUT2D eigenvalue weighted by molar-refractivity contribution is 5.75. The zero-order valence-electron chi connectivity index (χ0n) is 6.16. The second-order valence-corrected chi connectivity index (χ2v) is 2.63. The van der Waals surface area contributed by atoms with Crippen molar-refractivity contribution >= 4 is 5.97 Å². The van der Waals surface area contributed by atoms with Gasteiger partial charge in [0.15, 0.2) is 6.10 Å². The number of carbonyl (C=O) groups excluding carboxylic acids is 1. The zero-order chi connectivity index (χ0) is 7.84. The molecular weight excluding hydrogens is 144 g/mol. The molecule has 1 aliphatic heterocycles. The number of carbonyl (C=O) groups is 1. The molecule has 0 amide bonds. The summed E-state index contributed by atoms with van der Waals surface area (Å²) >= 11 is 0. The van der Waals surface area contributed by atoms with Gasteiger partial charge >= 0.3 is 5.97 Å². The molecule has 0 bridgehead atoms. The summed E-state index contributed by atoms with van der Waals surface area (Å²) in [6.07, 6.45) is 0.323. The zero-order valence-corrected chi connectivity index (χ0v) is 6.16. The highest BCUT2D eigenvalue weighted by Gasteiger charge is 2.32. The summed E-state index contributed by atoms with van der Waals surface area (Å²) in [6, 6.07) is 3.70. The van der Waals surface area contributed by atoms with Gasteiger partial charge in [0, 0.05) is 0 Å². The van der Waals surface area contributed by atoms with Crippen molar-refractivity contribution in [1.29, 1.82) is 0 Å². The number of furan rings is 1. The number of cyclic esters (lactones) is 1. The Labute approximate surface area is 64.0 Å². The van der Waals surface area contributed by atoms with Gasteiger partial charge in [-0.2, -0.15) is 0 Å². The lowest BCUT2D eigenvalue weighted by Crippen LogP contribution is -2.24. The molecule has 1 aliphatic rings. The molecular formula is C8H8O3. The van der Waals surface area contributed by atoms with Crippen LogP contribution in [0.1, 0.15) is 24.0 Å². The third-order valence-electron chi connectivity index (χ3n) is 1.70. The van der Waals surface area contributed by atoms with Crippen LogP contribution in [0.5, 0.6) is 0 Å². The lowest BCUT2D eigenvalue weighted by atomic mass is 10.1. The minimum atomic E-state index is -0.149. The molecule has 1 fully saturated rings. The van der Waals surface area contributed by atoms with E-state index in [0.717, 1.165) is 11.5 Å². The summed E-state index contributed by atoms with van der Waals surface area (Å²) in [6.45, 7) is 1.87. The van der Waals surface area contributed by atoms with Gasteiger partial charge in [-0.25, -0.2) is 0 Å². The molecule has 3 nitrogen and oxygen atoms in total. The number of rotatable bonds is 1. The van der Waals surface area contributed by atoms with Crippen LogP contribution in [0.2, 0.25) is 0 Å². The van der Waals surface area contributed by atoms with Crippen molar-refractivity contribution < 1.29 is 13.9 Å². The Bertz CT molecular complexity index is 279. The fourth-order valence-electron chi connectivity index (χ4n) is 1.09. The van der Waals surface area contributed by atoms with Gasteiger partial charge in [-0.05, 0) is 19.1 Å². The van der Waals surface area contributed by atoms with Crippen LogP contribution >= 0.6 is 0 Å². The molecule has 1 saturated heterocycles. The van der Waals surface area contributed by atoms with Crippen LogP contribution in [0.4, 0.5) is 0 Å². The molecule has 2 heterocycles. The van der Waals surface area contributed by atoms with Gasteiger partial charge in [0.2, 0.25) is 0 Å². The van der Waals surface area contributed by atoms with E-state index in [0.29, 0.717) is 6.42 Å². The molecule has 3 heteroatoms. The summed E-state index contributed by atoms with van der Waals surface area (Å²) in [5.74, 6) is 1.45. The maximum absolute atomic E-state index is 10.4. The molecule has 0 aromatic carbocycles. The van der Waals surface area contributed by atoms with E-state index in [9.17, 15) is 4.79 Å². The van der Waals surface area contributed by atoms with Crippen molar-refractivity contribution in [2.75, 3.05) is 0 Å². The van der Waals surface area contributed by atoms with Gasteiger partial charge in [-0.15, -0.1) is 0 Å². The number of ether oxygens (including phenoxy) is 1. The molecule has 1 aromatic rings. The third kappa shape index (κ3) is 1.02. The van der Waals surface area contributed by atoms with Crippen LogP contribution in [-0.2, 0) is 9.53 Å². The Balaban J connectivity index is 2.12. The van der Waals surface area contributed by atoms with Crippen LogP contribution in [0.25, 0.3) is 0 Å². The van der Waals surface area contributed by atoms with E-state index in [1.807, 2.05) is 19.1 Å². The van der Waals surface area contributed by atoms with Crippen LogP contribution in [-0.4, -0.2) is 5.97 Å². The second-order valence-electron chi connectivity index (χ2n) is 2.63. The fraction of sp³-hybridized carbons (Fsp3) is 0.375. The van der Waals surface area contributed by atoms with E-state index >= 15 is 0 Å². The minimum Gasteiger partial charge on any atom is -0.462 e. The van der Waals surface area contributed by atoms with E-state index in [4.69, 9.17) is 9.15 Å². The molecule has 0 spiro atoms. The second kappa shape index (κ2) is 2.12. The number of esters is 1. The molecule has 58 valence electrons. The van der Waals surface area contributed by atoms with Gasteiger partial charge in [-0.1, -0.05) is 0 Å². The Hall–Kier alpha value is -1.25. The van der Waals surface area contributed by atoms with Crippen molar-refractivity contribution in [2.24, 2.45) is 0 Å². The average molecular weight is 152 g/mol. The van der Waals surface area contributed by atoms with Crippen molar-refractivity contribution in [2.45, 2.75) is 19.4 Å². The number of hydrogen-bond acceptors (Lipinski definition) is 3. The lowest BCUT2D eigenvalue weighted by Gasteiger charge is -2.22. The topological polar surface area (TPSA) is 39.4 Å². The Morgan fingerprint density at radius 1 is 1.55 bits per heavy atom. The molecule has 1 atom stereocenters. The van der Waals surface area contributed by atoms with E-state index in [1.165, 1.54) is 0 Å². The van der Waals surface area contributed by atoms with E-state index in [2.05, 4.69) is 0 Å². The van der Waals surface area contributed by atoms with E-state index in [1.54, 1.807) is 0 Å². The predicted molar refractivity (Wildman–Crippen MR) is 36.9 cm³/mol. The van der Waals surface area contributed by atoms with E-state index in [-0.39, 0.29) is 12.1 Å². The summed E-state index contributed by atoms with van der Waals surface area (Å²) < 4.78 is 10.1. The van der Waals surface area contributed by atoms with Gasteiger partial charge in [-0.3, -0.25) is 4.79 Å². The van der Waals surface area contributed by atoms with Crippen molar-refractivity contribution in [1.82, 2.24) is 0 Å². The number of hydrogen-bond donors (Lipinski definition) is 0. The summed E-state index contributed by atoms with van der Waals surface area (Å²) in [5.41, 5.74) is 0. The average Bonchev–Trinajstić information content (AvgIpc) is 2.29. The molecule has 0 N–H and O–H groups in total. The molecule has 11 heavy (non-hydrogen) atoms. The van der Waals surface area contributed by atoms with Crippen LogP contribution < -0.4 is 0 Å². The normalized spacial score (nSPS) is 22.6. The lowest BCUT2D eigenvalue weighted by molar-refractivity contribution is -0.171. The Morgan fingerprint density at radius 3 is 2.73 bits per heavy atom. The minimum absolute atomic E-state index is 0.129. The van der Waals surface area contributed by atoms with Crippen LogP contribution in [0, 0.1) is 6.92 Å². The van der Waals surface area contributed by atoms with Crippen molar-refractivity contribution in [3.63, 3.8) is 0 Å². The van der Waals surface area contributed by atoms with Gasteiger partial charge in [0.25, 0.3) is 0 Å². The summed E-state index contributed by atoms with van der Waals surface area (Å²) in [5, 5.41) is 0. The Kier molecular flexibility index (Phi) is 1.24. The first kappa shape index (κ1) is 6.46. The smallest absolute Gasteiger partial charge is 0.310 e. The van der Waals surface area contributed by atoms with Gasteiger partial charge < -0.3 is 9.15 Å².